The summed E-state index contributed by atoms with van der Waals surface area (Å²) in [7, 11) is 1.78. The molecule has 0 aromatic rings. The van der Waals surface area contributed by atoms with E-state index in [1.807, 2.05) is 0 Å². The Hall–Kier alpha value is -0.0800. The number of methoxy groups -OCH3 is 1. The molecule has 15 heavy (non-hydrogen) atoms. The molecule has 0 heterocycles. The van der Waals surface area contributed by atoms with E-state index in [1.165, 1.54) is 19.3 Å². The molecule has 1 fully saturated rings. The molecule has 1 aliphatic rings. The Morgan fingerprint density at radius 2 is 1.93 bits per heavy atom. The van der Waals surface area contributed by atoms with Crippen LogP contribution in [0.3, 0.4) is 0 Å². The number of nitrogens with two attached hydrogens (primary N) is 1. The molecule has 0 aromatic heterocycles. The molecule has 2 heteroatoms. The van der Waals surface area contributed by atoms with Gasteiger partial charge in [-0.3, -0.25) is 0 Å². The number of hydrogen-bond donors (Lipinski definition) is 1. The highest BCUT2D eigenvalue weighted by Crippen LogP contribution is 2.36. The molecule has 0 aromatic carbocycles. The molecule has 1 rings (SSSR count). The summed E-state index contributed by atoms with van der Waals surface area (Å²) < 4.78 is 5.25. The predicted octanol–water partition coefficient (Wildman–Crippen LogP) is 2.67. The summed E-state index contributed by atoms with van der Waals surface area (Å²) in [5.41, 5.74) is 6.22. The van der Waals surface area contributed by atoms with Gasteiger partial charge in [0.05, 0.1) is 0 Å². The molecular weight excluding hydrogens is 186 g/mol. The van der Waals surface area contributed by atoms with Crippen LogP contribution >= 0.6 is 0 Å². The molecule has 90 valence electrons. The monoisotopic (exact) mass is 213 g/mol. The van der Waals surface area contributed by atoms with Crippen molar-refractivity contribution in [3.05, 3.63) is 0 Å². The summed E-state index contributed by atoms with van der Waals surface area (Å²) in [4.78, 5) is 0. The van der Waals surface area contributed by atoms with E-state index in [0.717, 1.165) is 18.4 Å². The van der Waals surface area contributed by atoms with Crippen molar-refractivity contribution >= 4 is 0 Å². The zero-order valence-electron chi connectivity index (χ0n) is 10.7. The maximum absolute atomic E-state index is 6.22. The lowest BCUT2D eigenvalue weighted by atomic mass is 9.70. The molecule has 1 saturated carbocycles. The minimum Gasteiger partial charge on any atom is -0.384 e. The minimum absolute atomic E-state index is 0.394. The van der Waals surface area contributed by atoms with Crippen LogP contribution in [0.5, 0.6) is 0 Å². The van der Waals surface area contributed by atoms with Crippen molar-refractivity contribution in [3.8, 4) is 0 Å². The summed E-state index contributed by atoms with van der Waals surface area (Å²) in [6.45, 7) is 7.79. The van der Waals surface area contributed by atoms with Crippen molar-refractivity contribution < 1.29 is 4.74 Å². The van der Waals surface area contributed by atoms with E-state index >= 15 is 0 Å². The van der Waals surface area contributed by atoms with Crippen LogP contribution in [0.1, 0.15) is 40.0 Å². The second-order valence-corrected chi connectivity index (χ2v) is 5.58. The van der Waals surface area contributed by atoms with Gasteiger partial charge in [0, 0.05) is 19.8 Å². The van der Waals surface area contributed by atoms with E-state index in [1.54, 1.807) is 7.11 Å². The first-order valence-corrected chi connectivity index (χ1v) is 6.30. The van der Waals surface area contributed by atoms with Crippen LogP contribution < -0.4 is 5.73 Å². The van der Waals surface area contributed by atoms with Gasteiger partial charge in [0.2, 0.25) is 0 Å². The fraction of sp³-hybridized carbons (Fsp3) is 1.00. The predicted molar refractivity (Wildman–Crippen MR) is 64.7 cm³/mol. The van der Waals surface area contributed by atoms with Crippen LogP contribution in [0, 0.1) is 23.7 Å². The molecule has 4 atom stereocenters. The second kappa shape index (κ2) is 5.86. The molecule has 2 N–H and O–H groups in total. The highest BCUT2D eigenvalue weighted by molar-refractivity contribution is 4.86. The molecule has 0 amide bonds. The van der Waals surface area contributed by atoms with E-state index in [-0.39, 0.29) is 0 Å². The Balaban J connectivity index is 2.52. The van der Waals surface area contributed by atoms with Gasteiger partial charge in [0.1, 0.15) is 0 Å². The molecule has 0 saturated heterocycles. The smallest absolute Gasteiger partial charge is 0.0491 e. The minimum atomic E-state index is 0.394. The largest absolute Gasteiger partial charge is 0.384 e. The highest BCUT2D eigenvalue weighted by atomic mass is 16.5. The lowest BCUT2D eigenvalue weighted by molar-refractivity contribution is 0.0808. The normalized spacial score (nSPS) is 34.4. The van der Waals surface area contributed by atoms with E-state index in [0.29, 0.717) is 17.9 Å². The summed E-state index contributed by atoms with van der Waals surface area (Å²) in [5, 5.41) is 0. The van der Waals surface area contributed by atoms with Gasteiger partial charge in [-0.1, -0.05) is 20.8 Å². The molecule has 0 bridgehead atoms. The molecule has 1 aliphatic carbocycles. The van der Waals surface area contributed by atoms with Gasteiger partial charge < -0.3 is 10.5 Å². The van der Waals surface area contributed by atoms with E-state index in [9.17, 15) is 0 Å². The second-order valence-electron chi connectivity index (χ2n) is 5.58. The van der Waals surface area contributed by atoms with Gasteiger partial charge in [-0.15, -0.1) is 0 Å². The first-order valence-electron chi connectivity index (χ1n) is 6.30. The molecular formula is C13H27NO. The first-order chi connectivity index (χ1) is 7.06. The third-order valence-corrected chi connectivity index (χ3v) is 4.10. The average Bonchev–Trinajstić information content (AvgIpc) is 2.18. The number of hydrogen-bond acceptors (Lipinski definition) is 2. The average molecular weight is 213 g/mol. The Morgan fingerprint density at radius 1 is 1.27 bits per heavy atom. The highest BCUT2D eigenvalue weighted by Gasteiger charge is 2.32. The summed E-state index contributed by atoms with van der Waals surface area (Å²) in [6.07, 6.45) is 3.81. The van der Waals surface area contributed by atoms with Crippen molar-refractivity contribution in [3.63, 3.8) is 0 Å². The van der Waals surface area contributed by atoms with Crippen LogP contribution in [0.2, 0.25) is 0 Å². The quantitative estimate of drug-likeness (QED) is 0.779. The van der Waals surface area contributed by atoms with Gasteiger partial charge in [-0.05, 0) is 42.9 Å². The molecule has 0 radical (unpaired) electrons. The van der Waals surface area contributed by atoms with E-state index in [4.69, 9.17) is 10.5 Å². The third-order valence-electron chi connectivity index (χ3n) is 4.10. The van der Waals surface area contributed by atoms with Crippen molar-refractivity contribution in [1.82, 2.24) is 0 Å². The Bertz CT molecular complexity index is 181. The van der Waals surface area contributed by atoms with Gasteiger partial charge in [0.25, 0.3) is 0 Å². The Kier molecular flexibility index (Phi) is 5.07. The van der Waals surface area contributed by atoms with Gasteiger partial charge in [-0.2, -0.15) is 0 Å². The van der Waals surface area contributed by atoms with Crippen molar-refractivity contribution in [2.45, 2.75) is 46.1 Å². The topological polar surface area (TPSA) is 35.2 Å². The molecule has 0 aliphatic heterocycles. The maximum atomic E-state index is 6.22. The summed E-state index contributed by atoms with van der Waals surface area (Å²) in [5.74, 6) is 2.93. The Morgan fingerprint density at radius 3 is 2.47 bits per heavy atom. The van der Waals surface area contributed by atoms with Gasteiger partial charge >= 0.3 is 0 Å². The molecule has 4 unspecified atom stereocenters. The van der Waals surface area contributed by atoms with Crippen LogP contribution in [-0.4, -0.2) is 19.8 Å². The van der Waals surface area contributed by atoms with E-state index in [2.05, 4.69) is 20.8 Å². The summed E-state index contributed by atoms with van der Waals surface area (Å²) in [6, 6.07) is 0.394. The van der Waals surface area contributed by atoms with Crippen LogP contribution in [-0.2, 0) is 4.74 Å². The fourth-order valence-electron chi connectivity index (χ4n) is 2.91. The van der Waals surface area contributed by atoms with Gasteiger partial charge in [-0.25, -0.2) is 0 Å². The SMILES string of the molecule is COCC(C)C1CC(C(C)C)CCC1N. The zero-order valence-corrected chi connectivity index (χ0v) is 10.7. The zero-order chi connectivity index (χ0) is 11.4. The number of ether oxygens (including phenoxy) is 1. The standard InChI is InChI=1S/C13H27NO/c1-9(2)11-5-6-13(14)12(7-11)10(3)8-15-4/h9-13H,5-8,14H2,1-4H3. The fourth-order valence-corrected chi connectivity index (χ4v) is 2.91. The van der Waals surface area contributed by atoms with Crippen LogP contribution in [0.25, 0.3) is 0 Å². The maximum Gasteiger partial charge on any atom is 0.0491 e. The Labute approximate surface area is 94.6 Å². The van der Waals surface area contributed by atoms with Gasteiger partial charge in [0.15, 0.2) is 0 Å². The number of rotatable bonds is 4. The van der Waals surface area contributed by atoms with Crippen molar-refractivity contribution in [2.24, 2.45) is 29.4 Å². The third kappa shape index (κ3) is 3.46. The van der Waals surface area contributed by atoms with Crippen molar-refractivity contribution in [2.75, 3.05) is 13.7 Å². The van der Waals surface area contributed by atoms with E-state index < -0.39 is 0 Å². The lowest BCUT2D eigenvalue weighted by Crippen LogP contribution is -2.41. The summed E-state index contributed by atoms with van der Waals surface area (Å²) >= 11 is 0. The molecule has 2 nitrogen and oxygen atoms in total. The lowest BCUT2D eigenvalue weighted by Gasteiger charge is -2.39. The molecule has 0 spiro atoms. The van der Waals surface area contributed by atoms with Crippen molar-refractivity contribution in [1.29, 1.82) is 0 Å². The van der Waals surface area contributed by atoms with Crippen LogP contribution in [0.4, 0.5) is 0 Å². The first kappa shape index (κ1) is 13.0. The van der Waals surface area contributed by atoms with Crippen LogP contribution in [0.15, 0.2) is 0 Å².